The van der Waals surface area contributed by atoms with Crippen LogP contribution in [0.3, 0.4) is 0 Å². The van der Waals surface area contributed by atoms with Crippen molar-refractivity contribution in [2.24, 2.45) is 0 Å². The molecule has 0 unspecified atom stereocenters. The molecule has 78 valence electrons. The van der Waals surface area contributed by atoms with Crippen molar-refractivity contribution in [2.75, 3.05) is 0 Å². The van der Waals surface area contributed by atoms with E-state index in [-0.39, 0.29) is 5.69 Å². The predicted molar refractivity (Wildman–Crippen MR) is 58.2 cm³/mol. The van der Waals surface area contributed by atoms with E-state index in [1.165, 1.54) is 0 Å². The highest BCUT2D eigenvalue weighted by Gasteiger charge is 2.25. The average molecular weight is 221 g/mol. The Morgan fingerprint density at radius 2 is 2.33 bits per heavy atom. The maximum atomic E-state index is 11.9. The minimum absolute atomic E-state index is 0.0905. The first-order valence-electron chi connectivity index (χ1n) is 5.00. The molecular formula is C10H11N3OS. The van der Waals surface area contributed by atoms with Crippen LogP contribution in [0.5, 0.6) is 0 Å². The Morgan fingerprint density at radius 1 is 1.47 bits per heavy atom. The van der Waals surface area contributed by atoms with Crippen LogP contribution in [0.1, 0.15) is 23.9 Å². The third kappa shape index (κ3) is 1.63. The van der Waals surface area contributed by atoms with Crippen LogP contribution >= 0.6 is 11.3 Å². The zero-order chi connectivity index (χ0) is 10.3. The third-order valence-electron chi connectivity index (χ3n) is 2.60. The van der Waals surface area contributed by atoms with E-state index >= 15 is 0 Å². The molecule has 2 aromatic heterocycles. The van der Waals surface area contributed by atoms with E-state index in [0.29, 0.717) is 12.6 Å². The van der Waals surface area contributed by atoms with Crippen molar-refractivity contribution >= 4 is 11.3 Å². The SMILES string of the molecule is O=c1n(Cc2nccs2)ccn1C1CC1. The monoisotopic (exact) mass is 221 g/mol. The molecule has 0 saturated heterocycles. The molecule has 1 saturated carbocycles. The largest absolute Gasteiger partial charge is 0.328 e. The summed E-state index contributed by atoms with van der Waals surface area (Å²) in [6, 6.07) is 0.454. The van der Waals surface area contributed by atoms with Gasteiger partial charge in [0.25, 0.3) is 0 Å². The molecule has 1 aliphatic rings. The summed E-state index contributed by atoms with van der Waals surface area (Å²) in [5.41, 5.74) is 0.0905. The number of nitrogens with zero attached hydrogens (tertiary/aromatic N) is 3. The van der Waals surface area contributed by atoms with E-state index in [0.717, 1.165) is 17.8 Å². The van der Waals surface area contributed by atoms with Gasteiger partial charge in [0.05, 0.1) is 6.54 Å². The van der Waals surface area contributed by atoms with E-state index in [1.54, 1.807) is 22.1 Å². The van der Waals surface area contributed by atoms with Crippen molar-refractivity contribution in [1.82, 2.24) is 14.1 Å². The molecule has 0 aliphatic heterocycles. The lowest BCUT2D eigenvalue weighted by molar-refractivity contribution is 0.655. The Hall–Kier alpha value is -1.36. The number of imidazole rings is 1. The molecule has 1 fully saturated rings. The number of hydrogen-bond acceptors (Lipinski definition) is 3. The summed E-state index contributed by atoms with van der Waals surface area (Å²) in [5, 5.41) is 2.91. The van der Waals surface area contributed by atoms with Gasteiger partial charge in [0, 0.05) is 30.0 Å². The van der Waals surface area contributed by atoms with E-state index in [2.05, 4.69) is 4.98 Å². The van der Waals surface area contributed by atoms with Crippen molar-refractivity contribution in [2.45, 2.75) is 25.4 Å². The van der Waals surface area contributed by atoms with Crippen LogP contribution < -0.4 is 5.69 Å². The smallest absolute Gasteiger partial charge is 0.296 e. The minimum Gasteiger partial charge on any atom is -0.296 e. The fraction of sp³-hybridized carbons (Fsp3) is 0.400. The van der Waals surface area contributed by atoms with Crippen molar-refractivity contribution < 1.29 is 0 Å². The average Bonchev–Trinajstić information content (AvgIpc) is 2.83. The summed E-state index contributed by atoms with van der Waals surface area (Å²) in [5.74, 6) is 0. The molecule has 15 heavy (non-hydrogen) atoms. The summed E-state index contributed by atoms with van der Waals surface area (Å²) >= 11 is 1.58. The van der Waals surface area contributed by atoms with Gasteiger partial charge in [0.2, 0.25) is 0 Å². The van der Waals surface area contributed by atoms with Crippen LogP contribution in [0, 0.1) is 0 Å². The van der Waals surface area contributed by atoms with Crippen LogP contribution in [0.4, 0.5) is 0 Å². The van der Waals surface area contributed by atoms with Gasteiger partial charge < -0.3 is 0 Å². The molecule has 0 bridgehead atoms. The molecule has 0 radical (unpaired) electrons. The molecule has 5 heteroatoms. The van der Waals surface area contributed by atoms with Crippen LogP contribution in [0.15, 0.2) is 28.8 Å². The predicted octanol–water partition coefficient (Wildman–Crippen LogP) is 1.49. The van der Waals surface area contributed by atoms with Crippen molar-refractivity contribution in [1.29, 1.82) is 0 Å². The molecule has 0 amide bonds. The second-order valence-electron chi connectivity index (χ2n) is 3.77. The summed E-state index contributed by atoms with van der Waals surface area (Å²) in [6.45, 7) is 0.593. The highest BCUT2D eigenvalue weighted by atomic mass is 32.1. The van der Waals surface area contributed by atoms with Crippen LogP contribution in [-0.4, -0.2) is 14.1 Å². The molecule has 0 atom stereocenters. The van der Waals surface area contributed by atoms with E-state index in [1.807, 2.05) is 22.3 Å². The summed E-state index contributed by atoms with van der Waals surface area (Å²) in [6.07, 6.45) is 7.78. The van der Waals surface area contributed by atoms with Crippen molar-refractivity contribution in [3.63, 3.8) is 0 Å². The highest BCUT2D eigenvalue weighted by molar-refractivity contribution is 7.09. The first kappa shape index (κ1) is 8.91. The number of hydrogen-bond donors (Lipinski definition) is 0. The van der Waals surface area contributed by atoms with Gasteiger partial charge in [-0.1, -0.05) is 0 Å². The molecule has 3 rings (SSSR count). The van der Waals surface area contributed by atoms with Gasteiger partial charge in [-0.2, -0.15) is 0 Å². The Balaban J connectivity index is 1.89. The van der Waals surface area contributed by atoms with Crippen LogP contribution in [-0.2, 0) is 6.54 Å². The second-order valence-corrected chi connectivity index (χ2v) is 4.75. The number of aromatic nitrogens is 3. The molecule has 0 spiro atoms. The molecule has 4 nitrogen and oxygen atoms in total. The van der Waals surface area contributed by atoms with Gasteiger partial charge in [-0.25, -0.2) is 9.78 Å². The highest BCUT2D eigenvalue weighted by Crippen LogP contribution is 2.33. The van der Waals surface area contributed by atoms with Gasteiger partial charge >= 0.3 is 5.69 Å². The van der Waals surface area contributed by atoms with E-state index in [9.17, 15) is 4.79 Å². The maximum Gasteiger partial charge on any atom is 0.328 e. The van der Waals surface area contributed by atoms with Crippen LogP contribution in [0.2, 0.25) is 0 Å². The van der Waals surface area contributed by atoms with E-state index in [4.69, 9.17) is 0 Å². The van der Waals surface area contributed by atoms with Gasteiger partial charge in [-0.15, -0.1) is 11.3 Å². The Morgan fingerprint density at radius 3 is 3.00 bits per heavy atom. The number of rotatable bonds is 3. The maximum absolute atomic E-state index is 11.9. The normalized spacial score (nSPS) is 15.7. The van der Waals surface area contributed by atoms with Crippen molar-refractivity contribution in [3.05, 3.63) is 39.5 Å². The van der Waals surface area contributed by atoms with Gasteiger partial charge in [0.1, 0.15) is 5.01 Å². The molecule has 2 aromatic rings. The lowest BCUT2D eigenvalue weighted by Gasteiger charge is -1.97. The standard InChI is InChI=1S/C10H11N3OS/c14-10-12(7-9-11-3-6-15-9)4-5-13(10)8-1-2-8/h3-6,8H,1-2,7H2. The van der Waals surface area contributed by atoms with Gasteiger partial charge in [-0.3, -0.25) is 9.13 Å². The fourth-order valence-electron chi connectivity index (χ4n) is 1.66. The summed E-state index contributed by atoms with van der Waals surface area (Å²) < 4.78 is 3.55. The van der Waals surface area contributed by atoms with Gasteiger partial charge in [-0.05, 0) is 12.8 Å². The molecule has 0 N–H and O–H groups in total. The quantitative estimate of drug-likeness (QED) is 0.787. The van der Waals surface area contributed by atoms with Crippen molar-refractivity contribution in [3.8, 4) is 0 Å². The molecule has 0 aromatic carbocycles. The molecular weight excluding hydrogens is 210 g/mol. The Labute approximate surface area is 90.8 Å². The van der Waals surface area contributed by atoms with E-state index < -0.39 is 0 Å². The summed E-state index contributed by atoms with van der Waals surface area (Å²) in [4.78, 5) is 16.1. The topological polar surface area (TPSA) is 39.8 Å². The zero-order valence-electron chi connectivity index (χ0n) is 8.17. The zero-order valence-corrected chi connectivity index (χ0v) is 8.98. The molecule has 1 aliphatic carbocycles. The van der Waals surface area contributed by atoms with Gasteiger partial charge in [0.15, 0.2) is 0 Å². The molecule has 2 heterocycles. The lowest BCUT2D eigenvalue weighted by Crippen LogP contribution is -2.23. The first-order chi connectivity index (χ1) is 7.34. The Kier molecular flexibility index (Phi) is 1.98. The number of thiazole rings is 1. The fourth-order valence-corrected chi connectivity index (χ4v) is 2.27. The summed E-state index contributed by atoms with van der Waals surface area (Å²) in [7, 11) is 0. The van der Waals surface area contributed by atoms with Crippen LogP contribution in [0.25, 0.3) is 0 Å². The third-order valence-corrected chi connectivity index (χ3v) is 3.37. The first-order valence-corrected chi connectivity index (χ1v) is 5.88. The second kappa shape index (κ2) is 3.34. The lowest BCUT2D eigenvalue weighted by atomic mass is 10.6. The Bertz CT molecular complexity index is 507. The minimum atomic E-state index is 0.0905.